The molecule has 2 aliphatic rings. The van der Waals surface area contributed by atoms with Gasteiger partial charge in [0.1, 0.15) is 0 Å². The first kappa shape index (κ1) is 20.6. The van der Waals surface area contributed by atoms with Crippen LogP contribution in [0.15, 0.2) is 29.1 Å². The normalized spacial score (nSPS) is 17.3. The van der Waals surface area contributed by atoms with Gasteiger partial charge < -0.3 is 10.2 Å². The fraction of sp³-hybridized carbons (Fsp3) is 0.565. The van der Waals surface area contributed by atoms with Gasteiger partial charge in [0.2, 0.25) is 5.91 Å². The van der Waals surface area contributed by atoms with Crippen LogP contribution < -0.4 is 10.9 Å². The van der Waals surface area contributed by atoms with E-state index in [1.54, 1.807) is 17.0 Å². The SMILES string of the molecule is CCCCCn1nc(C(=O)N2CCC(NC(=O)C3CC3)CC2)c2ccccc2c1=O. The molecule has 1 saturated carbocycles. The average molecular weight is 411 g/mol. The number of rotatable bonds is 7. The van der Waals surface area contributed by atoms with Crippen molar-refractivity contribution in [1.29, 1.82) is 0 Å². The molecule has 1 aromatic heterocycles. The van der Waals surface area contributed by atoms with E-state index in [2.05, 4.69) is 17.3 Å². The average Bonchev–Trinajstić information content (AvgIpc) is 3.61. The molecule has 1 aliphatic carbocycles. The third-order valence-electron chi connectivity index (χ3n) is 6.12. The zero-order chi connectivity index (χ0) is 21.1. The van der Waals surface area contributed by atoms with E-state index in [-0.39, 0.29) is 29.3 Å². The zero-order valence-corrected chi connectivity index (χ0v) is 17.6. The number of carbonyl (C=O) groups excluding carboxylic acids is 2. The Labute approximate surface area is 176 Å². The minimum atomic E-state index is -0.139. The first-order valence-electron chi connectivity index (χ1n) is 11.2. The molecule has 2 fully saturated rings. The van der Waals surface area contributed by atoms with Gasteiger partial charge in [-0.05, 0) is 38.2 Å². The number of hydrogen-bond donors (Lipinski definition) is 1. The van der Waals surface area contributed by atoms with E-state index >= 15 is 0 Å². The number of aryl methyl sites for hydroxylation is 1. The summed E-state index contributed by atoms with van der Waals surface area (Å²) in [5, 5.41) is 8.76. The molecule has 0 spiro atoms. The van der Waals surface area contributed by atoms with Crippen LogP contribution in [0.1, 0.15) is 62.4 Å². The van der Waals surface area contributed by atoms with Crippen LogP contribution in [-0.2, 0) is 11.3 Å². The van der Waals surface area contributed by atoms with Crippen molar-refractivity contribution in [2.24, 2.45) is 5.92 Å². The molecule has 0 bridgehead atoms. The molecule has 160 valence electrons. The van der Waals surface area contributed by atoms with Crippen molar-refractivity contribution < 1.29 is 9.59 Å². The highest BCUT2D eigenvalue weighted by atomic mass is 16.2. The van der Waals surface area contributed by atoms with E-state index in [1.165, 1.54) is 4.68 Å². The molecule has 0 radical (unpaired) electrons. The third-order valence-corrected chi connectivity index (χ3v) is 6.12. The maximum atomic E-state index is 13.3. The lowest BCUT2D eigenvalue weighted by atomic mass is 10.0. The number of nitrogens with zero attached hydrogens (tertiary/aromatic N) is 3. The molecule has 7 heteroatoms. The number of piperidine rings is 1. The van der Waals surface area contributed by atoms with Gasteiger partial charge in [0.05, 0.1) is 5.39 Å². The van der Waals surface area contributed by atoms with Crippen LogP contribution in [0.25, 0.3) is 10.8 Å². The molecule has 0 atom stereocenters. The smallest absolute Gasteiger partial charge is 0.274 e. The first-order chi connectivity index (χ1) is 14.6. The Kier molecular flexibility index (Phi) is 6.16. The number of unbranched alkanes of at least 4 members (excludes halogenated alkanes) is 2. The Hall–Kier alpha value is -2.70. The highest BCUT2D eigenvalue weighted by Gasteiger charge is 2.33. The number of carbonyl (C=O) groups is 2. The van der Waals surface area contributed by atoms with Gasteiger partial charge in [-0.1, -0.05) is 38.0 Å². The lowest BCUT2D eigenvalue weighted by Gasteiger charge is -2.32. The summed E-state index contributed by atoms with van der Waals surface area (Å²) in [6, 6.07) is 7.36. The van der Waals surface area contributed by atoms with Crippen LogP contribution >= 0.6 is 0 Å². The number of nitrogens with one attached hydrogen (secondary N) is 1. The molecular weight excluding hydrogens is 380 g/mol. The molecule has 2 heterocycles. The predicted octanol–water partition coefficient (Wildman–Crippen LogP) is 2.72. The number of amides is 2. The van der Waals surface area contributed by atoms with Crippen LogP contribution in [0.2, 0.25) is 0 Å². The van der Waals surface area contributed by atoms with Crippen molar-refractivity contribution in [2.45, 2.75) is 64.5 Å². The quantitative estimate of drug-likeness (QED) is 0.712. The monoisotopic (exact) mass is 410 g/mol. The zero-order valence-electron chi connectivity index (χ0n) is 17.6. The molecule has 7 nitrogen and oxygen atoms in total. The van der Waals surface area contributed by atoms with E-state index in [0.29, 0.717) is 36.1 Å². The maximum absolute atomic E-state index is 13.3. The minimum absolute atomic E-state index is 0.134. The summed E-state index contributed by atoms with van der Waals surface area (Å²) in [6.45, 7) is 3.80. The summed E-state index contributed by atoms with van der Waals surface area (Å²) >= 11 is 0. The second kappa shape index (κ2) is 8.98. The molecule has 4 rings (SSSR count). The number of fused-ring (bicyclic) bond motifs is 1. The van der Waals surface area contributed by atoms with E-state index < -0.39 is 0 Å². The van der Waals surface area contributed by atoms with Crippen molar-refractivity contribution in [2.75, 3.05) is 13.1 Å². The lowest BCUT2D eigenvalue weighted by Crippen LogP contribution is -2.47. The molecule has 1 aliphatic heterocycles. The van der Waals surface area contributed by atoms with Crippen molar-refractivity contribution in [3.8, 4) is 0 Å². The molecule has 2 aromatic rings. The molecule has 30 heavy (non-hydrogen) atoms. The van der Waals surface area contributed by atoms with Crippen LogP contribution in [0.4, 0.5) is 0 Å². The molecule has 1 aromatic carbocycles. The van der Waals surface area contributed by atoms with Gasteiger partial charge in [-0.2, -0.15) is 5.10 Å². The van der Waals surface area contributed by atoms with Crippen molar-refractivity contribution in [3.05, 3.63) is 40.3 Å². The molecule has 1 N–H and O–H groups in total. The Morgan fingerprint density at radius 2 is 1.77 bits per heavy atom. The van der Waals surface area contributed by atoms with Gasteiger partial charge in [-0.3, -0.25) is 14.4 Å². The third kappa shape index (κ3) is 4.40. The second-order valence-electron chi connectivity index (χ2n) is 8.48. The van der Waals surface area contributed by atoms with Crippen LogP contribution in [0, 0.1) is 5.92 Å². The molecule has 0 unspecified atom stereocenters. The number of benzene rings is 1. The Bertz CT molecular complexity index is 988. The number of aromatic nitrogens is 2. The van der Waals surface area contributed by atoms with Crippen molar-refractivity contribution in [1.82, 2.24) is 20.0 Å². The van der Waals surface area contributed by atoms with Crippen LogP contribution in [0.5, 0.6) is 0 Å². The summed E-state index contributed by atoms with van der Waals surface area (Å²) in [5.41, 5.74) is 0.210. The standard InChI is InChI=1S/C23H30N4O3/c1-2-3-6-13-27-22(29)19-8-5-4-7-18(19)20(25-27)23(30)26-14-11-17(12-15-26)24-21(28)16-9-10-16/h4-5,7-8,16-17H,2-3,6,9-15H2,1H3,(H,24,28). The predicted molar refractivity (Wildman–Crippen MR) is 115 cm³/mol. The van der Waals surface area contributed by atoms with E-state index in [4.69, 9.17) is 0 Å². The van der Waals surface area contributed by atoms with Gasteiger partial charge in [-0.25, -0.2) is 4.68 Å². The van der Waals surface area contributed by atoms with Crippen LogP contribution in [-0.4, -0.2) is 45.6 Å². The topological polar surface area (TPSA) is 84.3 Å². The summed E-state index contributed by atoms with van der Waals surface area (Å²) < 4.78 is 1.45. The first-order valence-corrected chi connectivity index (χ1v) is 11.2. The highest BCUT2D eigenvalue weighted by molar-refractivity contribution is 6.04. The van der Waals surface area contributed by atoms with Gasteiger partial charge in [-0.15, -0.1) is 0 Å². The molecule has 2 amide bonds. The molecular formula is C23H30N4O3. The Morgan fingerprint density at radius 1 is 1.07 bits per heavy atom. The Morgan fingerprint density at radius 3 is 2.43 bits per heavy atom. The van der Waals surface area contributed by atoms with Crippen LogP contribution in [0.3, 0.4) is 0 Å². The fourth-order valence-electron chi connectivity index (χ4n) is 4.10. The maximum Gasteiger partial charge on any atom is 0.274 e. The summed E-state index contributed by atoms with van der Waals surface area (Å²) in [5.74, 6) is 0.225. The van der Waals surface area contributed by atoms with Gasteiger partial charge in [0.15, 0.2) is 5.69 Å². The minimum Gasteiger partial charge on any atom is -0.353 e. The second-order valence-corrected chi connectivity index (χ2v) is 8.48. The fourth-order valence-corrected chi connectivity index (χ4v) is 4.10. The van der Waals surface area contributed by atoms with E-state index in [1.807, 2.05) is 12.1 Å². The largest absolute Gasteiger partial charge is 0.353 e. The molecule has 1 saturated heterocycles. The van der Waals surface area contributed by atoms with E-state index in [0.717, 1.165) is 44.9 Å². The van der Waals surface area contributed by atoms with Gasteiger partial charge in [0.25, 0.3) is 11.5 Å². The van der Waals surface area contributed by atoms with Gasteiger partial charge >= 0.3 is 0 Å². The summed E-state index contributed by atoms with van der Waals surface area (Å²) in [6.07, 6.45) is 6.43. The van der Waals surface area contributed by atoms with E-state index in [9.17, 15) is 14.4 Å². The van der Waals surface area contributed by atoms with Crippen molar-refractivity contribution >= 4 is 22.6 Å². The lowest BCUT2D eigenvalue weighted by molar-refractivity contribution is -0.123. The van der Waals surface area contributed by atoms with Gasteiger partial charge in [0, 0.05) is 37.0 Å². The number of hydrogen-bond acceptors (Lipinski definition) is 4. The van der Waals surface area contributed by atoms with Crippen molar-refractivity contribution in [3.63, 3.8) is 0 Å². The summed E-state index contributed by atoms with van der Waals surface area (Å²) in [7, 11) is 0. The highest BCUT2D eigenvalue weighted by Crippen LogP contribution is 2.29. The Balaban J connectivity index is 1.51. The summed E-state index contributed by atoms with van der Waals surface area (Å²) in [4.78, 5) is 39.9. The number of likely N-dealkylation sites (tertiary alicyclic amines) is 1.